The van der Waals surface area contributed by atoms with Gasteiger partial charge in [-0.1, -0.05) is 30.1 Å². The Bertz CT molecular complexity index is 565. The number of nitrogens with zero attached hydrogens (tertiary/aromatic N) is 3. The highest BCUT2D eigenvalue weighted by Crippen LogP contribution is 2.28. The first kappa shape index (κ1) is 13.5. The average molecular weight is 287 g/mol. The van der Waals surface area contributed by atoms with Gasteiger partial charge in [0.05, 0.1) is 21.1 Å². The predicted octanol–water partition coefficient (Wildman–Crippen LogP) is 2.88. The first-order valence-corrected chi connectivity index (χ1v) is 6.57. The third-order valence-electron chi connectivity index (χ3n) is 3.06. The number of likely N-dealkylation sites (N-methyl/N-ethyl adjacent to an activating group) is 1. The fraction of sp³-hybridized carbons (Fsp3) is 0.417. The Kier molecular flexibility index (Phi) is 4.00. The third-order valence-corrected chi connectivity index (χ3v) is 3.79. The number of rotatable bonds is 4. The molecule has 18 heavy (non-hydrogen) atoms. The van der Waals surface area contributed by atoms with Crippen molar-refractivity contribution >= 4 is 40.2 Å². The van der Waals surface area contributed by atoms with Crippen molar-refractivity contribution in [1.82, 2.24) is 14.5 Å². The Hall–Kier alpha value is -0.970. The van der Waals surface area contributed by atoms with Crippen LogP contribution in [0.4, 0.5) is 5.95 Å². The van der Waals surface area contributed by atoms with Gasteiger partial charge in [-0.2, -0.15) is 0 Å². The Balaban J connectivity index is 2.37. The molecule has 1 aromatic heterocycles. The van der Waals surface area contributed by atoms with Crippen molar-refractivity contribution < 1.29 is 0 Å². The number of fused-ring (bicyclic) bond motifs is 1. The number of anilines is 1. The van der Waals surface area contributed by atoms with Crippen molar-refractivity contribution in [3.63, 3.8) is 0 Å². The van der Waals surface area contributed by atoms with Gasteiger partial charge in [0.2, 0.25) is 5.95 Å². The zero-order valence-corrected chi connectivity index (χ0v) is 12.0. The number of hydrogen-bond acceptors (Lipinski definition) is 3. The summed E-state index contributed by atoms with van der Waals surface area (Å²) in [6, 6.07) is 3.56. The molecule has 0 spiro atoms. The van der Waals surface area contributed by atoms with Crippen molar-refractivity contribution in [3.8, 4) is 0 Å². The van der Waals surface area contributed by atoms with Crippen LogP contribution in [0, 0.1) is 0 Å². The Morgan fingerprint density at radius 2 is 2.00 bits per heavy atom. The maximum Gasteiger partial charge on any atom is 0.201 e. The summed E-state index contributed by atoms with van der Waals surface area (Å²) < 4.78 is 1.96. The summed E-state index contributed by atoms with van der Waals surface area (Å²) in [7, 11) is 2.07. The number of hydrogen-bond donors (Lipinski definition) is 1. The lowest BCUT2D eigenvalue weighted by Gasteiger charge is -2.15. The molecule has 6 heteroatoms. The molecule has 0 aliphatic carbocycles. The summed E-state index contributed by atoms with van der Waals surface area (Å²) >= 11 is 12.0. The standard InChI is InChI=1S/C12H16Cl2N4/c1-3-17(2)4-5-18-11-7-9(14)8(13)6-10(11)16-12(18)15/h6-7H,3-5H2,1-2H3,(H2,15,16). The van der Waals surface area contributed by atoms with Gasteiger partial charge in [-0.25, -0.2) is 4.98 Å². The van der Waals surface area contributed by atoms with Gasteiger partial charge in [-0.05, 0) is 25.7 Å². The molecule has 2 N–H and O–H groups in total. The molecule has 0 atom stereocenters. The fourth-order valence-corrected chi connectivity index (χ4v) is 2.12. The van der Waals surface area contributed by atoms with Crippen molar-refractivity contribution in [2.75, 3.05) is 25.9 Å². The number of aromatic nitrogens is 2. The minimum atomic E-state index is 0.493. The molecular formula is C12H16Cl2N4. The van der Waals surface area contributed by atoms with Gasteiger partial charge >= 0.3 is 0 Å². The van der Waals surface area contributed by atoms with E-state index >= 15 is 0 Å². The molecule has 0 aliphatic rings. The van der Waals surface area contributed by atoms with Crippen molar-refractivity contribution in [3.05, 3.63) is 22.2 Å². The van der Waals surface area contributed by atoms with E-state index in [4.69, 9.17) is 28.9 Å². The second kappa shape index (κ2) is 5.34. The maximum absolute atomic E-state index is 6.03. The molecule has 0 amide bonds. The molecule has 0 aliphatic heterocycles. The zero-order chi connectivity index (χ0) is 13.3. The number of imidazole rings is 1. The van der Waals surface area contributed by atoms with Crippen LogP contribution in [0.1, 0.15) is 6.92 Å². The molecule has 1 aromatic carbocycles. The SMILES string of the molecule is CCN(C)CCn1c(N)nc2cc(Cl)c(Cl)cc21. The van der Waals surface area contributed by atoms with Gasteiger partial charge in [-0.15, -0.1) is 0 Å². The monoisotopic (exact) mass is 286 g/mol. The van der Waals surface area contributed by atoms with E-state index in [1.165, 1.54) is 0 Å². The molecule has 0 saturated heterocycles. The molecule has 4 nitrogen and oxygen atoms in total. The lowest BCUT2D eigenvalue weighted by Crippen LogP contribution is -2.23. The molecule has 98 valence electrons. The highest BCUT2D eigenvalue weighted by atomic mass is 35.5. The minimum absolute atomic E-state index is 0.493. The first-order valence-electron chi connectivity index (χ1n) is 5.82. The number of nitrogen functional groups attached to an aromatic ring is 1. The number of halogens is 2. The largest absolute Gasteiger partial charge is 0.369 e. The van der Waals surface area contributed by atoms with Crippen LogP contribution in [0.5, 0.6) is 0 Å². The van der Waals surface area contributed by atoms with Crippen LogP contribution >= 0.6 is 23.2 Å². The Morgan fingerprint density at radius 1 is 1.33 bits per heavy atom. The summed E-state index contributed by atoms with van der Waals surface area (Å²) in [5.41, 5.74) is 7.63. The third kappa shape index (κ3) is 2.55. The fourth-order valence-electron chi connectivity index (χ4n) is 1.80. The van der Waals surface area contributed by atoms with Crippen LogP contribution in [-0.2, 0) is 6.54 Å². The van der Waals surface area contributed by atoms with E-state index in [0.29, 0.717) is 16.0 Å². The second-order valence-electron chi connectivity index (χ2n) is 4.27. The van der Waals surface area contributed by atoms with E-state index in [-0.39, 0.29) is 0 Å². The van der Waals surface area contributed by atoms with Gasteiger partial charge in [0, 0.05) is 13.1 Å². The van der Waals surface area contributed by atoms with Gasteiger partial charge in [0.15, 0.2) is 0 Å². The highest BCUT2D eigenvalue weighted by molar-refractivity contribution is 6.42. The minimum Gasteiger partial charge on any atom is -0.369 e. The summed E-state index contributed by atoms with van der Waals surface area (Å²) in [6.45, 7) is 4.81. The Morgan fingerprint density at radius 3 is 2.67 bits per heavy atom. The van der Waals surface area contributed by atoms with Crippen LogP contribution in [-0.4, -0.2) is 34.6 Å². The lowest BCUT2D eigenvalue weighted by atomic mass is 10.3. The van der Waals surface area contributed by atoms with Gasteiger partial charge in [-0.3, -0.25) is 0 Å². The van der Waals surface area contributed by atoms with Crippen molar-refractivity contribution in [2.45, 2.75) is 13.5 Å². The molecular weight excluding hydrogens is 271 g/mol. The Labute approximate surface area is 116 Å². The quantitative estimate of drug-likeness (QED) is 0.940. The average Bonchev–Trinajstić information content (AvgIpc) is 2.62. The van der Waals surface area contributed by atoms with Crippen LogP contribution < -0.4 is 5.73 Å². The maximum atomic E-state index is 6.03. The summed E-state index contributed by atoms with van der Waals surface area (Å²) in [4.78, 5) is 6.51. The lowest BCUT2D eigenvalue weighted by molar-refractivity contribution is 0.338. The van der Waals surface area contributed by atoms with E-state index in [0.717, 1.165) is 30.7 Å². The van der Waals surface area contributed by atoms with Crippen LogP contribution in [0.15, 0.2) is 12.1 Å². The molecule has 1 heterocycles. The first-order chi connectivity index (χ1) is 8.52. The normalized spacial score (nSPS) is 11.6. The smallest absolute Gasteiger partial charge is 0.201 e. The zero-order valence-electron chi connectivity index (χ0n) is 10.5. The van der Waals surface area contributed by atoms with Gasteiger partial charge in [0.25, 0.3) is 0 Å². The molecule has 2 rings (SSSR count). The van der Waals surface area contributed by atoms with Crippen LogP contribution in [0.25, 0.3) is 11.0 Å². The summed E-state index contributed by atoms with van der Waals surface area (Å²) in [5.74, 6) is 0.493. The van der Waals surface area contributed by atoms with E-state index in [2.05, 4.69) is 23.9 Å². The van der Waals surface area contributed by atoms with E-state index in [1.807, 2.05) is 10.6 Å². The molecule has 2 aromatic rings. The van der Waals surface area contributed by atoms with Gasteiger partial charge in [0.1, 0.15) is 0 Å². The van der Waals surface area contributed by atoms with E-state index < -0.39 is 0 Å². The van der Waals surface area contributed by atoms with Crippen LogP contribution in [0.2, 0.25) is 10.0 Å². The highest BCUT2D eigenvalue weighted by Gasteiger charge is 2.11. The van der Waals surface area contributed by atoms with E-state index in [1.54, 1.807) is 6.07 Å². The van der Waals surface area contributed by atoms with Crippen molar-refractivity contribution in [2.24, 2.45) is 0 Å². The van der Waals surface area contributed by atoms with Crippen LogP contribution in [0.3, 0.4) is 0 Å². The molecule has 0 radical (unpaired) electrons. The number of benzene rings is 1. The molecule has 0 fully saturated rings. The number of nitrogens with two attached hydrogens (primary N) is 1. The van der Waals surface area contributed by atoms with Crippen molar-refractivity contribution in [1.29, 1.82) is 0 Å². The summed E-state index contributed by atoms with van der Waals surface area (Å²) in [6.07, 6.45) is 0. The molecule has 0 bridgehead atoms. The van der Waals surface area contributed by atoms with E-state index in [9.17, 15) is 0 Å². The molecule has 0 unspecified atom stereocenters. The molecule has 0 saturated carbocycles. The summed E-state index contributed by atoms with van der Waals surface area (Å²) in [5, 5.41) is 1.02. The topological polar surface area (TPSA) is 47.1 Å². The predicted molar refractivity (Wildman–Crippen MR) is 77.3 cm³/mol. The second-order valence-corrected chi connectivity index (χ2v) is 5.09. The van der Waals surface area contributed by atoms with Gasteiger partial charge < -0.3 is 15.2 Å².